The Labute approximate surface area is 85.7 Å². The minimum absolute atomic E-state index is 0.372. The molecule has 0 saturated heterocycles. The van der Waals surface area contributed by atoms with E-state index in [4.69, 9.17) is 10.0 Å². The summed E-state index contributed by atoms with van der Waals surface area (Å²) in [6, 6.07) is 6.72. The molecule has 0 saturated carbocycles. The molecule has 2 rings (SSSR count). The molecule has 15 heavy (non-hydrogen) atoms. The summed E-state index contributed by atoms with van der Waals surface area (Å²) < 4.78 is 4.65. The largest absolute Gasteiger partial charge is 0.707 e. The predicted octanol–water partition coefficient (Wildman–Crippen LogP) is -0.180. The molecule has 0 aliphatic carbocycles. The third-order valence-corrected chi connectivity index (χ3v) is 1.81. The van der Waals surface area contributed by atoms with Crippen molar-refractivity contribution in [1.29, 1.82) is 0 Å². The minimum atomic E-state index is -1.80. The van der Waals surface area contributed by atoms with Crippen LogP contribution in [0.15, 0.2) is 30.5 Å². The van der Waals surface area contributed by atoms with E-state index < -0.39 is 7.32 Å². The van der Waals surface area contributed by atoms with Gasteiger partial charge in [0.25, 0.3) is 0 Å². The molecule has 2 aromatic rings. The molecular formula is C8H8BN3O3. The van der Waals surface area contributed by atoms with Crippen molar-refractivity contribution in [2.75, 3.05) is 0 Å². The molecule has 0 aliphatic rings. The minimum Gasteiger partial charge on any atom is -0.512 e. The van der Waals surface area contributed by atoms with Crippen molar-refractivity contribution >= 4 is 7.32 Å². The Morgan fingerprint density at radius 1 is 1.20 bits per heavy atom. The van der Waals surface area contributed by atoms with Crippen LogP contribution in [0.4, 0.5) is 0 Å². The van der Waals surface area contributed by atoms with E-state index >= 15 is 0 Å². The van der Waals surface area contributed by atoms with Crippen LogP contribution in [0.3, 0.4) is 0 Å². The highest BCUT2D eigenvalue weighted by atomic mass is 16.6. The van der Waals surface area contributed by atoms with Crippen LogP contribution in [0.25, 0.3) is 11.3 Å². The summed E-state index contributed by atoms with van der Waals surface area (Å²) >= 11 is 0. The second kappa shape index (κ2) is 4.12. The molecule has 1 aromatic carbocycles. The number of hydrogen-bond donors (Lipinski definition) is 3. The quantitative estimate of drug-likeness (QED) is 0.604. The fourth-order valence-electron chi connectivity index (χ4n) is 1.17. The summed E-state index contributed by atoms with van der Waals surface area (Å²) in [6.07, 6.45) is 1.59. The zero-order valence-corrected chi connectivity index (χ0v) is 7.66. The van der Waals surface area contributed by atoms with Crippen LogP contribution in [0.2, 0.25) is 0 Å². The van der Waals surface area contributed by atoms with Crippen molar-refractivity contribution in [3.8, 4) is 17.0 Å². The average molecular weight is 205 g/mol. The maximum atomic E-state index is 8.57. The van der Waals surface area contributed by atoms with E-state index in [0.29, 0.717) is 11.4 Å². The van der Waals surface area contributed by atoms with Crippen LogP contribution in [-0.4, -0.2) is 32.8 Å². The normalized spacial score (nSPS) is 10.0. The standard InChI is InChI=1S/C8H8BN3O3/c13-9(14)15-7-3-1-6(2-4-7)8-5-10-12-11-8/h1-5,13-14H,(H,10,11,12). The molecular weight excluding hydrogens is 197 g/mol. The second-order valence-corrected chi connectivity index (χ2v) is 2.82. The molecule has 6 nitrogen and oxygen atoms in total. The summed E-state index contributed by atoms with van der Waals surface area (Å²) in [5.74, 6) is 0.372. The lowest BCUT2D eigenvalue weighted by Crippen LogP contribution is -2.20. The zero-order valence-electron chi connectivity index (χ0n) is 7.66. The molecule has 0 spiro atoms. The van der Waals surface area contributed by atoms with E-state index in [1.165, 1.54) is 0 Å². The van der Waals surface area contributed by atoms with Crippen LogP contribution >= 0.6 is 0 Å². The summed E-state index contributed by atoms with van der Waals surface area (Å²) in [6.45, 7) is 0. The van der Waals surface area contributed by atoms with Gasteiger partial charge < -0.3 is 14.7 Å². The Bertz CT molecular complexity index is 415. The van der Waals surface area contributed by atoms with Crippen LogP contribution in [0.5, 0.6) is 5.75 Å². The van der Waals surface area contributed by atoms with E-state index in [1.54, 1.807) is 30.5 Å². The topological polar surface area (TPSA) is 91.3 Å². The number of rotatable bonds is 3. The van der Waals surface area contributed by atoms with Crippen molar-refractivity contribution in [2.45, 2.75) is 0 Å². The van der Waals surface area contributed by atoms with Crippen molar-refractivity contribution in [1.82, 2.24) is 15.4 Å². The van der Waals surface area contributed by atoms with Crippen LogP contribution in [-0.2, 0) is 0 Å². The van der Waals surface area contributed by atoms with Crippen molar-refractivity contribution in [2.24, 2.45) is 0 Å². The van der Waals surface area contributed by atoms with E-state index in [-0.39, 0.29) is 0 Å². The lowest BCUT2D eigenvalue weighted by atomic mass is 10.1. The number of benzene rings is 1. The fraction of sp³-hybridized carbons (Fsp3) is 0. The predicted molar refractivity (Wildman–Crippen MR) is 52.6 cm³/mol. The van der Waals surface area contributed by atoms with Gasteiger partial charge in [-0.2, -0.15) is 15.4 Å². The highest BCUT2D eigenvalue weighted by Crippen LogP contribution is 2.19. The number of hydrogen-bond acceptors (Lipinski definition) is 5. The van der Waals surface area contributed by atoms with Gasteiger partial charge in [-0.05, 0) is 24.3 Å². The van der Waals surface area contributed by atoms with Crippen molar-refractivity contribution in [3.05, 3.63) is 30.5 Å². The van der Waals surface area contributed by atoms with Gasteiger partial charge in [-0.25, -0.2) is 0 Å². The van der Waals surface area contributed by atoms with Gasteiger partial charge >= 0.3 is 7.32 Å². The van der Waals surface area contributed by atoms with Gasteiger partial charge in [0.05, 0.1) is 6.20 Å². The van der Waals surface area contributed by atoms with Gasteiger partial charge in [0.2, 0.25) is 0 Å². The third-order valence-electron chi connectivity index (χ3n) is 1.81. The lowest BCUT2D eigenvalue weighted by Gasteiger charge is -2.04. The van der Waals surface area contributed by atoms with Crippen LogP contribution < -0.4 is 4.65 Å². The smallest absolute Gasteiger partial charge is 0.512 e. The first-order valence-corrected chi connectivity index (χ1v) is 4.25. The number of H-pyrrole nitrogens is 1. The average Bonchev–Trinajstić information content (AvgIpc) is 2.71. The van der Waals surface area contributed by atoms with E-state index in [2.05, 4.69) is 20.1 Å². The number of nitrogens with zero attached hydrogens (tertiary/aromatic N) is 2. The highest BCUT2D eigenvalue weighted by molar-refractivity contribution is 6.33. The van der Waals surface area contributed by atoms with Crippen LogP contribution in [0.1, 0.15) is 0 Å². The molecule has 3 N–H and O–H groups in total. The van der Waals surface area contributed by atoms with Gasteiger partial charge in [0.1, 0.15) is 11.4 Å². The maximum absolute atomic E-state index is 8.57. The number of aromatic nitrogens is 3. The Morgan fingerprint density at radius 2 is 1.93 bits per heavy atom. The lowest BCUT2D eigenvalue weighted by molar-refractivity contribution is 0.288. The summed E-state index contributed by atoms with van der Waals surface area (Å²) in [7, 11) is -1.80. The monoisotopic (exact) mass is 205 g/mol. The van der Waals surface area contributed by atoms with E-state index in [1.807, 2.05) is 0 Å². The van der Waals surface area contributed by atoms with Gasteiger partial charge in [0.15, 0.2) is 0 Å². The molecule has 1 heterocycles. The van der Waals surface area contributed by atoms with Crippen molar-refractivity contribution < 1.29 is 14.7 Å². The number of nitrogens with one attached hydrogen (secondary N) is 1. The summed E-state index contributed by atoms with van der Waals surface area (Å²) in [5, 5.41) is 27.2. The molecule has 0 aliphatic heterocycles. The van der Waals surface area contributed by atoms with Gasteiger partial charge in [-0.3, -0.25) is 0 Å². The summed E-state index contributed by atoms with van der Waals surface area (Å²) in [5.41, 5.74) is 1.58. The molecule has 76 valence electrons. The Kier molecular flexibility index (Phi) is 2.66. The second-order valence-electron chi connectivity index (χ2n) is 2.82. The Morgan fingerprint density at radius 3 is 2.47 bits per heavy atom. The molecule has 0 bridgehead atoms. The first kappa shape index (κ1) is 9.69. The molecule has 7 heteroatoms. The first-order chi connectivity index (χ1) is 7.25. The Balaban J connectivity index is 2.17. The van der Waals surface area contributed by atoms with Gasteiger partial charge in [0, 0.05) is 5.56 Å². The summed E-state index contributed by atoms with van der Waals surface area (Å²) in [4.78, 5) is 0. The van der Waals surface area contributed by atoms with Gasteiger partial charge in [-0.1, -0.05) is 0 Å². The molecule has 0 atom stereocenters. The fourth-order valence-corrected chi connectivity index (χ4v) is 1.17. The molecule has 1 aromatic heterocycles. The number of aromatic amines is 1. The molecule has 0 amide bonds. The maximum Gasteiger partial charge on any atom is 0.707 e. The zero-order chi connectivity index (χ0) is 10.7. The third kappa shape index (κ3) is 2.33. The highest BCUT2D eigenvalue weighted by Gasteiger charge is 2.10. The molecule has 0 radical (unpaired) electrons. The van der Waals surface area contributed by atoms with Gasteiger partial charge in [-0.15, -0.1) is 0 Å². The Hall–Kier alpha value is -1.86. The molecule has 0 unspecified atom stereocenters. The van der Waals surface area contributed by atoms with E-state index in [0.717, 1.165) is 5.56 Å². The first-order valence-electron chi connectivity index (χ1n) is 4.25. The van der Waals surface area contributed by atoms with Crippen LogP contribution in [0, 0.1) is 0 Å². The molecule has 0 fully saturated rings. The van der Waals surface area contributed by atoms with E-state index in [9.17, 15) is 0 Å². The SMILES string of the molecule is OB(O)Oc1ccc(-c2cn[nH]n2)cc1. The van der Waals surface area contributed by atoms with Crippen molar-refractivity contribution in [3.63, 3.8) is 0 Å².